The summed E-state index contributed by atoms with van der Waals surface area (Å²) in [6.07, 6.45) is 1.92. The highest BCUT2D eigenvalue weighted by Gasteiger charge is 2.20. The topological polar surface area (TPSA) is 133 Å². The van der Waals surface area contributed by atoms with E-state index in [1.807, 2.05) is 20.8 Å². The van der Waals surface area contributed by atoms with Gasteiger partial charge in [-0.3, -0.25) is 4.79 Å². The average molecular weight is 358 g/mol. The van der Waals surface area contributed by atoms with Crippen molar-refractivity contribution in [2.75, 3.05) is 11.5 Å². The summed E-state index contributed by atoms with van der Waals surface area (Å²) in [5.41, 5.74) is 10.3. The summed E-state index contributed by atoms with van der Waals surface area (Å²) in [6, 6.07) is 0. The molecule has 0 bridgehead atoms. The molecule has 1 heterocycles. The zero-order valence-corrected chi connectivity index (χ0v) is 14.2. The Bertz CT molecular complexity index is 659. The number of hydrogen-bond acceptors (Lipinski definition) is 7. The van der Waals surface area contributed by atoms with E-state index in [-0.39, 0.29) is 47.1 Å². The van der Waals surface area contributed by atoms with E-state index in [1.165, 1.54) is 6.92 Å². The minimum atomic E-state index is -0.881. The lowest BCUT2D eigenvalue weighted by Crippen LogP contribution is -2.42. The van der Waals surface area contributed by atoms with Crippen LogP contribution in [0.5, 0.6) is 0 Å². The van der Waals surface area contributed by atoms with E-state index in [9.17, 15) is 9.59 Å². The Labute approximate surface area is 146 Å². The van der Waals surface area contributed by atoms with Gasteiger partial charge in [0.2, 0.25) is 5.91 Å². The Morgan fingerprint density at radius 1 is 1.29 bits per heavy atom. The van der Waals surface area contributed by atoms with Crippen molar-refractivity contribution in [3.05, 3.63) is 22.7 Å². The van der Waals surface area contributed by atoms with E-state index in [2.05, 4.69) is 15.3 Å². The molecule has 0 aliphatic rings. The Kier molecular flexibility index (Phi) is 7.66. The smallest absolute Gasteiger partial charge is 0.365 e. The van der Waals surface area contributed by atoms with Gasteiger partial charge < -0.3 is 21.5 Å². The minimum Gasteiger partial charge on any atom is -0.426 e. The second kappa shape index (κ2) is 8.49. The van der Waals surface area contributed by atoms with Crippen LogP contribution in [0.15, 0.2) is 11.8 Å². The first-order valence-electron chi connectivity index (χ1n) is 6.87. The molecule has 1 rings (SSSR count). The molecule has 0 radical (unpaired) electrons. The average Bonchev–Trinajstić information content (AvgIpc) is 2.41. The van der Waals surface area contributed by atoms with Crippen molar-refractivity contribution in [1.82, 2.24) is 15.3 Å². The number of anilines is 2. The SMILES string of the molecule is C.CCC(C)(C)NC(=O)/C=C(\C)OC(=O)c1nc(Cl)c(N)nc1N. The molecule has 0 fully saturated rings. The van der Waals surface area contributed by atoms with Crippen LogP contribution in [0.1, 0.15) is 52.0 Å². The summed E-state index contributed by atoms with van der Waals surface area (Å²) >= 11 is 5.70. The van der Waals surface area contributed by atoms with Gasteiger partial charge in [0.05, 0.1) is 0 Å². The van der Waals surface area contributed by atoms with Crippen LogP contribution in [-0.4, -0.2) is 27.4 Å². The number of amides is 1. The molecule has 134 valence electrons. The van der Waals surface area contributed by atoms with E-state index in [1.54, 1.807) is 0 Å². The molecular formula is C15H24ClN5O3. The van der Waals surface area contributed by atoms with Gasteiger partial charge >= 0.3 is 5.97 Å². The highest BCUT2D eigenvalue weighted by atomic mass is 35.5. The normalized spacial score (nSPS) is 11.5. The van der Waals surface area contributed by atoms with Crippen molar-refractivity contribution in [2.24, 2.45) is 0 Å². The lowest BCUT2D eigenvalue weighted by atomic mass is 10.0. The van der Waals surface area contributed by atoms with Gasteiger partial charge in [-0.2, -0.15) is 0 Å². The van der Waals surface area contributed by atoms with Gasteiger partial charge in [-0.05, 0) is 27.2 Å². The number of nitrogens with two attached hydrogens (primary N) is 2. The third-order valence-electron chi connectivity index (χ3n) is 3.03. The molecule has 5 N–H and O–H groups in total. The van der Waals surface area contributed by atoms with E-state index in [0.717, 1.165) is 12.5 Å². The maximum atomic E-state index is 12.0. The monoisotopic (exact) mass is 357 g/mol. The lowest BCUT2D eigenvalue weighted by molar-refractivity contribution is -0.118. The Hall–Kier alpha value is -2.35. The molecule has 0 atom stereocenters. The molecule has 0 spiro atoms. The van der Waals surface area contributed by atoms with Gasteiger partial charge in [-0.25, -0.2) is 14.8 Å². The number of carbonyl (C=O) groups excluding carboxylic acids is 2. The van der Waals surface area contributed by atoms with Crippen LogP contribution in [0.3, 0.4) is 0 Å². The van der Waals surface area contributed by atoms with E-state index in [0.29, 0.717) is 0 Å². The zero-order valence-electron chi connectivity index (χ0n) is 13.4. The second-order valence-corrected chi connectivity index (χ2v) is 5.86. The van der Waals surface area contributed by atoms with Crippen LogP contribution in [0.2, 0.25) is 5.15 Å². The number of halogens is 1. The fourth-order valence-corrected chi connectivity index (χ4v) is 1.59. The number of aromatic nitrogens is 2. The Morgan fingerprint density at radius 2 is 1.88 bits per heavy atom. The first-order chi connectivity index (χ1) is 10.6. The number of nitrogens with zero attached hydrogens (tertiary/aromatic N) is 2. The standard InChI is InChI=1S/C14H20ClN5O3.CH4/c1-5-14(3,4)20-8(21)6-7(2)23-13(22)9-11(16)19-12(17)10(15)18-9;/h6H,5H2,1-4H3,(H,20,21)(H4,16,17,19);1H4/b7-6+;. The summed E-state index contributed by atoms with van der Waals surface area (Å²) in [6.45, 7) is 7.17. The highest BCUT2D eigenvalue weighted by Crippen LogP contribution is 2.18. The summed E-state index contributed by atoms with van der Waals surface area (Å²) in [4.78, 5) is 31.2. The third-order valence-corrected chi connectivity index (χ3v) is 3.31. The van der Waals surface area contributed by atoms with Crippen LogP contribution in [0, 0.1) is 0 Å². The van der Waals surface area contributed by atoms with Crippen LogP contribution in [0.4, 0.5) is 11.6 Å². The molecule has 1 aromatic rings. The summed E-state index contributed by atoms with van der Waals surface area (Å²) in [5, 5.41) is 2.62. The third kappa shape index (κ3) is 6.04. The Balaban J connectivity index is 0.00000529. The number of nitrogens with one attached hydrogen (secondary N) is 1. The molecule has 0 aliphatic carbocycles. The van der Waals surface area contributed by atoms with Gasteiger partial charge in [0.25, 0.3) is 0 Å². The maximum Gasteiger partial charge on any atom is 0.365 e. The van der Waals surface area contributed by atoms with Crippen molar-refractivity contribution in [3.63, 3.8) is 0 Å². The van der Waals surface area contributed by atoms with Crippen molar-refractivity contribution in [2.45, 2.75) is 47.1 Å². The number of rotatable bonds is 5. The summed E-state index contributed by atoms with van der Waals surface area (Å²) in [7, 11) is 0. The predicted octanol–water partition coefficient (Wildman–Crippen LogP) is 2.30. The fourth-order valence-electron chi connectivity index (χ4n) is 1.46. The number of ether oxygens (including phenoxy) is 1. The highest BCUT2D eigenvalue weighted by molar-refractivity contribution is 6.31. The van der Waals surface area contributed by atoms with Crippen LogP contribution >= 0.6 is 11.6 Å². The van der Waals surface area contributed by atoms with Crippen molar-refractivity contribution in [3.8, 4) is 0 Å². The van der Waals surface area contributed by atoms with Crippen LogP contribution in [-0.2, 0) is 9.53 Å². The van der Waals surface area contributed by atoms with Crippen molar-refractivity contribution in [1.29, 1.82) is 0 Å². The summed E-state index contributed by atoms with van der Waals surface area (Å²) < 4.78 is 5.01. The van der Waals surface area contributed by atoms with E-state index >= 15 is 0 Å². The molecule has 8 nitrogen and oxygen atoms in total. The van der Waals surface area contributed by atoms with Crippen LogP contribution < -0.4 is 16.8 Å². The van der Waals surface area contributed by atoms with Gasteiger partial charge in [0, 0.05) is 11.6 Å². The maximum absolute atomic E-state index is 12.0. The Morgan fingerprint density at radius 3 is 2.42 bits per heavy atom. The molecular weight excluding hydrogens is 334 g/mol. The molecule has 0 saturated carbocycles. The first-order valence-corrected chi connectivity index (χ1v) is 7.24. The van der Waals surface area contributed by atoms with E-state index in [4.69, 9.17) is 27.8 Å². The fraction of sp³-hybridized carbons (Fsp3) is 0.467. The largest absolute Gasteiger partial charge is 0.426 e. The molecule has 0 unspecified atom stereocenters. The molecule has 1 aromatic heterocycles. The van der Waals surface area contributed by atoms with Crippen molar-refractivity contribution < 1.29 is 14.3 Å². The quantitative estimate of drug-likeness (QED) is 0.418. The second-order valence-electron chi connectivity index (χ2n) is 5.50. The molecule has 0 aromatic carbocycles. The van der Waals surface area contributed by atoms with Crippen LogP contribution in [0.25, 0.3) is 0 Å². The number of esters is 1. The van der Waals surface area contributed by atoms with Gasteiger partial charge in [0.1, 0.15) is 5.76 Å². The van der Waals surface area contributed by atoms with Gasteiger partial charge in [-0.1, -0.05) is 26.0 Å². The number of carbonyl (C=O) groups is 2. The van der Waals surface area contributed by atoms with E-state index < -0.39 is 5.97 Å². The lowest BCUT2D eigenvalue weighted by Gasteiger charge is -2.23. The molecule has 1 amide bonds. The number of nitrogen functional groups attached to an aromatic ring is 2. The number of hydrogen-bond donors (Lipinski definition) is 3. The molecule has 0 aliphatic heterocycles. The number of allylic oxidation sites excluding steroid dienone is 1. The zero-order chi connectivity index (χ0) is 17.8. The van der Waals surface area contributed by atoms with Crippen molar-refractivity contribution >= 4 is 35.1 Å². The van der Waals surface area contributed by atoms with Gasteiger partial charge in [-0.15, -0.1) is 0 Å². The first kappa shape index (κ1) is 21.6. The predicted molar refractivity (Wildman–Crippen MR) is 94.3 cm³/mol. The van der Waals surface area contributed by atoms with Gasteiger partial charge in [0.15, 0.2) is 22.5 Å². The molecule has 0 saturated heterocycles. The molecule has 24 heavy (non-hydrogen) atoms. The minimum absolute atomic E-state index is 0. The summed E-state index contributed by atoms with van der Waals surface area (Å²) in [5.74, 6) is -1.48. The molecule has 9 heteroatoms.